The molecule has 1 saturated carbocycles. The van der Waals surface area contributed by atoms with E-state index in [0.29, 0.717) is 18.6 Å². The lowest BCUT2D eigenvalue weighted by Crippen LogP contribution is -2.54. The summed E-state index contributed by atoms with van der Waals surface area (Å²) in [5.41, 5.74) is 1.00. The number of nitrogens with zero attached hydrogens (tertiary/aromatic N) is 1. The molecule has 4 nitrogen and oxygen atoms in total. The number of carbonyl (C=O) groups is 1. The summed E-state index contributed by atoms with van der Waals surface area (Å²) in [7, 11) is 1.73. The van der Waals surface area contributed by atoms with Crippen LogP contribution in [0.25, 0.3) is 0 Å². The van der Waals surface area contributed by atoms with Gasteiger partial charge in [-0.2, -0.15) is 0 Å². The largest absolute Gasteiger partial charge is 0.383 e. The Kier molecular flexibility index (Phi) is 4.56. The molecule has 2 fully saturated rings. The Bertz CT molecular complexity index is 473. The van der Waals surface area contributed by atoms with Crippen LogP contribution in [0.3, 0.4) is 0 Å². The molecule has 1 aromatic rings. The molecular weight excluding hydrogens is 264 g/mol. The summed E-state index contributed by atoms with van der Waals surface area (Å²) in [4.78, 5) is 14.6. The van der Waals surface area contributed by atoms with Gasteiger partial charge in [0.1, 0.15) is 0 Å². The first-order valence-electron chi connectivity index (χ1n) is 7.91. The van der Waals surface area contributed by atoms with Crippen LogP contribution in [0.15, 0.2) is 30.3 Å². The molecular formula is C17H24N2O2. The summed E-state index contributed by atoms with van der Waals surface area (Å²) in [6.07, 6.45) is 4.48. The van der Waals surface area contributed by atoms with E-state index in [1.165, 1.54) is 12.8 Å². The Labute approximate surface area is 126 Å². The molecule has 3 rings (SSSR count). The number of carbonyl (C=O) groups excluding carboxylic acids is 1. The van der Waals surface area contributed by atoms with Crippen molar-refractivity contribution in [3.63, 3.8) is 0 Å². The van der Waals surface area contributed by atoms with Gasteiger partial charge in [-0.05, 0) is 43.7 Å². The topological polar surface area (TPSA) is 41.6 Å². The van der Waals surface area contributed by atoms with E-state index in [2.05, 4.69) is 5.32 Å². The first-order chi connectivity index (χ1) is 10.3. The molecule has 1 N–H and O–H groups in total. The van der Waals surface area contributed by atoms with E-state index in [-0.39, 0.29) is 11.9 Å². The summed E-state index contributed by atoms with van der Waals surface area (Å²) >= 11 is 0. The zero-order chi connectivity index (χ0) is 14.7. The fourth-order valence-corrected chi connectivity index (χ4v) is 3.15. The smallest absolute Gasteiger partial charge is 0.244 e. The molecule has 0 spiro atoms. The molecule has 114 valence electrons. The number of ether oxygens (including phenoxy) is 1. The minimum atomic E-state index is -0.0697. The van der Waals surface area contributed by atoms with Crippen LogP contribution >= 0.6 is 0 Å². The van der Waals surface area contributed by atoms with Crippen molar-refractivity contribution in [3.8, 4) is 0 Å². The molecule has 1 aliphatic carbocycles. The fourth-order valence-electron chi connectivity index (χ4n) is 3.15. The van der Waals surface area contributed by atoms with Crippen LogP contribution in [-0.4, -0.2) is 38.3 Å². The molecule has 1 heterocycles. The van der Waals surface area contributed by atoms with Gasteiger partial charge in [-0.25, -0.2) is 0 Å². The van der Waals surface area contributed by atoms with Crippen LogP contribution in [0.2, 0.25) is 0 Å². The lowest BCUT2D eigenvalue weighted by atomic mass is 10.0. The summed E-state index contributed by atoms with van der Waals surface area (Å²) in [6, 6.07) is 10.2. The van der Waals surface area contributed by atoms with Gasteiger partial charge in [-0.15, -0.1) is 0 Å². The molecule has 2 aliphatic rings. The fraction of sp³-hybridized carbons (Fsp3) is 0.588. The molecule has 1 aromatic carbocycles. The Morgan fingerprint density at radius 1 is 1.29 bits per heavy atom. The number of rotatable bonds is 6. The molecule has 1 amide bonds. The third-order valence-electron chi connectivity index (χ3n) is 4.46. The predicted molar refractivity (Wildman–Crippen MR) is 83.3 cm³/mol. The van der Waals surface area contributed by atoms with Gasteiger partial charge in [0.25, 0.3) is 0 Å². The normalized spacial score (nSPS) is 24.1. The number of nitrogens with one attached hydrogen (secondary N) is 1. The van der Waals surface area contributed by atoms with Crippen LogP contribution in [0.5, 0.6) is 0 Å². The Hall–Kier alpha value is -1.39. The minimum Gasteiger partial charge on any atom is -0.383 e. The highest BCUT2D eigenvalue weighted by atomic mass is 16.5. The predicted octanol–water partition coefficient (Wildman–Crippen LogP) is 2.20. The van der Waals surface area contributed by atoms with Crippen molar-refractivity contribution in [1.29, 1.82) is 0 Å². The van der Waals surface area contributed by atoms with Gasteiger partial charge in [0.15, 0.2) is 0 Å². The van der Waals surface area contributed by atoms with E-state index in [1.54, 1.807) is 7.11 Å². The average Bonchev–Trinajstić information content (AvgIpc) is 3.34. The maximum Gasteiger partial charge on any atom is 0.244 e. The van der Waals surface area contributed by atoms with Crippen LogP contribution in [0, 0.1) is 5.92 Å². The van der Waals surface area contributed by atoms with Crippen LogP contribution in [0.1, 0.15) is 25.7 Å². The molecule has 4 heteroatoms. The monoisotopic (exact) mass is 288 g/mol. The molecule has 1 aliphatic heterocycles. The zero-order valence-corrected chi connectivity index (χ0v) is 12.6. The van der Waals surface area contributed by atoms with E-state index in [4.69, 9.17) is 4.74 Å². The molecule has 1 saturated heterocycles. The number of methoxy groups -OCH3 is 1. The van der Waals surface area contributed by atoms with Crippen molar-refractivity contribution in [2.24, 2.45) is 5.92 Å². The summed E-state index contributed by atoms with van der Waals surface area (Å²) < 4.78 is 5.31. The van der Waals surface area contributed by atoms with Gasteiger partial charge in [0.05, 0.1) is 12.6 Å². The van der Waals surface area contributed by atoms with E-state index in [9.17, 15) is 4.79 Å². The molecule has 0 bridgehead atoms. The number of anilines is 1. The number of para-hydroxylation sites is 1. The van der Waals surface area contributed by atoms with E-state index < -0.39 is 0 Å². The first kappa shape index (κ1) is 14.5. The summed E-state index contributed by atoms with van der Waals surface area (Å²) in [6.45, 7) is 1.51. The highest BCUT2D eigenvalue weighted by Gasteiger charge is 2.36. The molecule has 0 radical (unpaired) electrons. The maximum absolute atomic E-state index is 12.7. The standard InChI is InChI=1S/C17H24N2O2/c1-21-12-16(13-9-10-13)18-15-8-5-11-19(17(15)20)14-6-3-2-4-7-14/h2-4,6-7,13,15-16,18H,5,8-12H2,1H3. The van der Waals surface area contributed by atoms with Crippen molar-refractivity contribution in [2.75, 3.05) is 25.2 Å². The number of hydrogen-bond donors (Lipinski definition) is 1. The average molecular weight is 288 g/mol. The van der Waals surface area contributed by atoms with Crippen molar-refractivity contribution in [2.45, 2.75) is 37.8 Å². The second-order valence-electron chi connectivity index (χ2n) is 6.09. The Morgan fingerprint density at radius 3 is 2.71 bits per heavy atom. The number of hydrogen-bond acceptors (Lipinski definition) is 3. The third kappa shape index (κ3) is 3.44. The Morgan fingerprint density at radius 2 is 2.05 bits per heavy atom. The van der Waals surface area contributed by atoms with Crippen LogP contribution in [-0.2, 0) is 9.53 Å². The molecule has 2 unspecified atom stereocenters. The van der Waals surface area contributed by atoms with E-state index in [0.717, 1.165) is 25.1 Å². The van der Waals surface area contributed by atoms with Crippen LogP contribution in [0.4, 0.5) is 5.69 Å². The number of piperidine rings is 1. The summed E-state index contributed by atoms with van der Waals surface area (Å²) in [5, 5.41) is 3.55. The first-order valence-corrected chi connectivity index (χ1v) is 7.91. The zero-order valence-electron chi connectivity index (χ0n) is 12.6. The summed E-state index contributed by atoms with van der Waals surface area (Å²) in [5.74, 6) is 0.888. The SMILES string of the molecule is COCC(NC1CCCN(c2ccccc2)C1=O)C1CC1. The Balaban J connectivity index is 1.67. The lowest BCUT2D eigenvalue weighted by molar-refractivity contribution is -0.122. The number of benzene rings is 1. The van der Waals surface area contributed by atoms with Crippen LogP contribution < -0.4 is 10.2 Å². The van der Waals surface area contributed by atoms with Crippen molar-refractivity contribution < 1.29 is 9.53 Å². The molecule has 0 aromatic heterocycles. The van der Waals surface area contributed by atoms with Gasteiger partial charge in [-0.1, -0.05) is 18.2 Å². The lowest BCUT2D eigenvalue weighted by Gasteiger charge is -2.34. The highest BCUT2D eigenvalue weighted by Crippen LogP contribution is 2.33. The van der Waals surface area contributed by atoms with Gasteiger partial charge in [-0.3, -0.25) is 4.79 Å². The maximum atomic E-state index is 12.7. The van der Waals surface area contributed by atoms with E-state index in [1.807, 2.05) is 35.2 Å². The highest BCUT2D eigenvalue weighted by molar-refractivity contribution is 5.97. The quantitative estimate of drug-likeness (QED) is 0.872. The van der Waals surface area contributed by atoms with Gasteiger partial charge in [0.2, 0.25) is 5.91 Å². The number of amides is 1. The molecule has 2 atom stereocenters. The van der Waals surface area contributed by atoms with E-state index >= 15 is 0 Å². The van der Waals surface area contributed by atoms with Crippen molar-refractivity contribution in [3.05, 3.63) is 30.3 Å². The van der Waals surface area contributed by atoms with Crippen molar-refractivity contribution >= 4 is 11.6 Å². The third-order valence-corrected chi connectivity index (χ3v) is 4.46. The minimum absolute atomic E-state index is 0.0697. The van der Waals surface area contributed by atoms with Gasteiger partial charge >= 0.3 is 0 Å². The second-order valence-corrected chi connectivity index (χ2v) is 6.09. The molecule has 21 heavy (non-hydrogen) atoms. The van der Waals surface area contributed by atoms with Gasteiger partial charge < -0.3 is 15.0 Å². The van der Waals surface area contributed by atoms with Gasteiger partial charge in [0, 0.05) is 25.4 Å². The second kappa shape index (κ2) is 6.58. The van der Waals surface area contributed by atoms with Crippen molar-refractivity contribution in [1.82, 2.24) is 5.32 Å².